The van der Waals surface area contributed by atoms with Crippen molar-refractivity contribution in [3.8, 4) is 10.7 Å². The van der Waals surface area contributed by atoms with Crippen LogP contribution in [0.25, 0.3) is 21.6 Å². The minimum Gasteiger partial charge on any atom is -0.352 e. The molecule has 0 spiro atoms. The molecule has 0 saturated carbocycles. The molecule has 0 aliphatic carbocycles. The predicted octanol–water partition coefficient (Wildman–Crippen LogP) is 4.53. The van der Waals surface area contributed by atoms with Crippen molar-refractivity contribution in [2.24, 2.45) is 5.73 Å². The Labute approximate surface area is 133 Å². The molecule has 0 unspecified atom stereocenters. The molecule has 3 aromatic rings. The van der Waals surface area contributed by atoms with Crippen molar-refractivity contribution >= 4 is 33.8 Å². The third kappa shape index (κ3) is 2.71. The van der Waals surface area contributed by atoms with E-state index < -0.39 is 0 Å². The summed E-state index contributed by atoms with van der Waals surface area (Å²) in [6.07, 6.45) is 4.97. The summed E-state index contributed by atoms with van der Waals surface area (Å²) in [5.41, 5.74) is 10.3. The number of aromatic nitrogens is 2. The van der Waals surface area contributed by atoms with Crippen molar-refractivity contribution in [3.63, 3.8) is 0 Å². The Balaban J connectivity index is 2.15. The normalized spacial score (nSPS) is 11.4. The first-order valence-electron chi connectivity index (χ1n) is 7.12. The minimum atomic E-state index is 0.736. The second-order valence-corrected chi connectivity index (χ2v) is 6.46. The van der Waals surface area contributed by atoms with E-state index in [0.29, 0.717) is 0 Å². The summed E-state index contributed by atoms with van der Waals surface area (Å²) >= 11 is 7.91. The van der Waals surface area contributed by atoms with E-state index in [-0.39, 0.29) is 0 Å². The maximum absolute atomic E-state index is 6.25. The number of aromatic amines is 1. The van der Waals surface area contributed by atoms with Gasteiger partial charge in [-0.05, 0) is 49.9 Å². The van der Waals surface area contributed by atoms with Crippen LogP contribution >= 0.6 is 22.9 Å². The van der Waals surface area contributed by atoms with Gasteiger partial charge in [0.1, 0.15) is 5.01 Å². The highest BCUT2D eigenvalue weighted by atomic mass is 35.5. The van der Waals surface area contributed by atoms with Crippen molar-refractivity contribution in [1.82, 2.24) is 9.97 Å². The molecule has 110 valence electrons. The van der Waals surface area contributed by atoms with Gasteiger partial charge < -0.3 is 10.7 Å². The molecule has 0 atom stereocenters. The van der Waals surface area contributed by atoms with Crippen LogP contribution in [-0.2, 0) is 6.42 Å². The first-order valence-corrected chi connectivity index (χ1v) is 8.37. The summed E-state index contributed by atoms with van der Waals surface area (Å²) in [6, 6.07) is 4.08. The number of halogens is 1. The third-order valence-corrected chi connectivity index (χ3v) is 5.00. The molecule has 21 heavy (non-hydrogen) atoms. The molecule has 0 amide bonds. The fourth-order valence-electron chi connectivity index (χ4n) is 2.67. The van der Waals surface area contributed by atoms with E-state index in [2.05, 4.69) is 23.0 Å². The van der Waals surface area contributed by atoms with Crippen molar-refractivity contribution in [2.75, 3.05) is 6.54 Å². The van der Waals surface area contributed by atoms with Gasteiger partial charge in [0.2, 0.25) is 0 Å². The smallest absolute Gasteiger partial charge is 0.139 e. The van der Waals surface area contributed by atoms with Crippen molar-refractivity contribution in [3.05, 3.63) is 39.9 Å². The molecule has 2 aromatic heterocycles. The van der Waals surface area contributed by atoms with Crippen LogP contribution in [0.2, 0.25) is 5.02 Å². The van der Waals surface area contributed by atoms with E-state index in [4.69, 9.17) is 17.3 Å². The number of nitrogens with one attached hydrogen (secondary N) is 1. The Bertz CT molecular complexity index is 747. The summed E-state index contributed by atoms with van der Waals surface area (Å²) in [5.74, 6) is 0. The van der Waals surface area contributed by atoms with Gasteiger partial charge in [-0.3, -0.25) is 0 Å². The lowest BCUT2D eigenvalue weighted by Crippen LogP contribution is -1.99. The summed E-state index contributed by atoms with van der Waals surface area (Å²) in [5, 5.41) is 5.08. The molecule has 0 aliphatic heterocycles. The van der Waals surface area contributed by atoms with Crippen LogP contribution in [0.1, 0.15) is 24.0 Å². The lowest BCUT2D eigenvalue weighted by Gasteiger charge is -2.03. The number of hydrogen-bond acceptors (Lipinski definition) is 3. The van der Waals surface area contributed by atoms with Gasteiger partial charge in [-0.15, -0.1) is 11.3 Å². The average Bonchev–Trinajstić information content (AvgIpc) is 3.11. The number of unbranched alkanes of at least 4 members (excludes halogenated alkanes) is 1. The Hall–Kier alpha value is -1.36. The quantitative estimate of drug-likeness (QED) is 0.679. The number of rotatable bonds is 5. The number of fused-ring (bicyclic) bond motifs is 1. The van der Waals surface area contributed by atoms with Gasteiger partial charge in [-0.1, -0.05) is 17.7 Å². The fourth-order valence-corrected chi connectivity index (χ4v) is 3.49. The first kappa shape index (κ1) is 14.6. The second-order valence-electron chi connectivity index (χ2n) is 5.16. The maximum Gasteiger partial charge on any atom is 0.139 e. The predicted molar refractivity (Wildman–Crippen MR) is 91.1 cm³/mol. The van der Waals surface area contributed by atoms with E-state index in [1.165, 1.54) is 10.9 Å². The molecular weight excluding hydrogens is 302 g/mol. The number of nitrogens with zero attached hydrogens (tertiary/aromatic N) is 1. The number of thiazole rings is 1. The Morgan fingerprint density at radius 2 is 2.19 bits per heavy atom. The highest BCUT2D eigenvalue weighted by Crippen LogP contribution is 2.35. The topological polar surface area (TPSA) is 54.7 Å². The molecular formula is C16H18ClN3S. The number of nitrogens with two attached hydrogens (primary N) is 1. The summed E-state index contributed by atoms with van der Waals surface area (Å²) in [7, 11) is 0. The summed E-state index contributed by atoms with van der Waals surface area (Å²) in [6.45, 7) is 2.79. The third-order valence-electron chi connectivity index (χ3n) is 3.80. The van der Waals surface area contributed by atoms with Gasteiger partial charge in [0, 0.05) is 22.0 Å². The number of benzene rings is 1. The largest absolute Gasteiger partial charge is 0.352 e. The van der Waals surface area contributed by atoms with E-state index in [1.807, 2.05) is 17.6 Å². The van der Waals surface area contributed by atoms with Gasteiger partial charge in [0.25, 0.3) is 0 Å². The first-order chi connectivity index (χ1) is 10.2. The Morgan fingerprint density at radius 1 is 1.33 bits per heavy atom. The molecule has 0 saturated heterocycles. The van der Waals surface area contributed by atoms with Crippen LogP contribution in [-0.4, -0.2) is 16.5 Å². The second kappa shape index (κ2) is 6.18. The highest BCUT2D eigenvalue weighted by Gasteiger charge is 2.16. The highest BCUT2D eigenvalue weighted by molar-refractivity contribution is 7.13. The van der Waals surface area contributed by atoms with E-state index in [1.54, 1.807) is 11.3 Å². The molecule has 0 radical (unpaired) electrons. The van der Waals surface area contributed by atoms with Gasteiger partial charge in [0.15, 0.2) is 0 Å². The number of hydrogen-bond donors (Lipinski definition) is 2. The minimum absolute atomic E-state index is 0.736. The van der Waals surface area contributed by atoms with Crippen molar-refractivity contribution in [2.45, 2.75) is 26.2 Å². The van der Waals surface area contributed by atoms with Crippen LogP contribution in [0, 0.1) is 6.92 Å². The standard InChI is InChI=1S/C16H18ClN3S/c1-10-13(17)6-5-12-11(4-2-3-7-18)15(20-14(10)12)16-19-8-9-21-16/h5-6,8-9,20H,2-4,7,18H2,1H3. The zero-order valence-electron chi connectivity index (χ0n) is 11.9. The summed E-state index contributed by atoms with van der Waals surface area (Å²) in [4.78, 5) is 7.99. The molecule has 3 rings (SSSR count). The molecule has 0 aliphatic rings. The fraction of sp³-hybridized carbons (Fsp3) is 0.312. The van der Waals surface area contributed by atoms with Crippen LogP contribution in [0.4, 0.5) is 0 Å². The van der Waals surface area contributed by atoms with Gasteiger partial charge in [-0.25, -0.2) is 4.98 Å². The zero-order valence-corrected chi connectivity index (χ0v) is 13.5. The Morgan fingerprint density at radius 3 is 2.90 bits per heavy atom. The summed E-state index contributed by atoms with van der Waals surface area (Å²) < 4.78 is 0. The monoisotopic (exact) mass is 319 g/mol. The number of H-pyrrole nitrogens is 1. The molecule has 3 N–H and O–H groups in total. The molecule has 2 heterocycles. The molecule has 3 nitrogen and oxygen atoms in total. The van der Waals surface area contributed by atoms with E-state index in [9.17, 15) is 0 Å². The van der Waals surface area contributed by atoms with Crippen molar-refractivity contribution in [1.29, 1.82) is 0 Å². The van der Waals surface area contributed by atoms with E-state index in [0.717, 1.165) is 52.6 Å². The SMILES string of the molecule is Cc1c(Cl)ccc2c(CCCCN)c(-c3nccs3)[nH]c12. The lowest BCUT2D eigenvalue weighted by atomic mass is 10.0. The van der Waals surface area contributed by atoms with Gasteiger partial charge in [-0.2, -0.15) is 0 Å². The van der Waals surface area contributed by atoms with Gasteiger partial charge in [0.05, 0.1) is 11.2 Å². The Kier molecular flexibility index (Phi) is 4.29. The average molecular weight is 320 g/mol. The van der Waals surface area contributed by atoms with Crippen LogP contribution in [0.5, 0.6) is 0 Å². The lowest BCUT2D eigenvalue weighted by molar-refractivity contribution is 0.748. The van der Waals surface area contributed by atoms with Crippen LogP contribution in [0.15, 0.2) is 23.7 Å². The maximum atomic E-state index is 6.25. The van der Waals surface area contributed by atoms with Crippen LogP contribution in [0.3, 0.4) is 0 Å². The zero-order chi connectivity index (χ0) is 14.8. The molecule has 1 aromatic carbocycles. The van der Waals surface area contributed by atoms with Crippen LogP contribution < -0.4 is 5.73 Å². The number of aryl methyl sites for hydroxylation is 2. The van der Waals surface area contributed by atoms with Gasteiger partial charge >= 0.3 is 0 Å². The van der Waals surface area contributed by atoms with E-state index >= 15 is 0 Å². The molecule has 0 fully saturated rings. The molecule has 0 bridgehead atoms. The van der Waals surface area contributed by atoms with Crippen molar-refractivity contribution < 1.29 is 0 Å². The molecule has 5 heteroatoms.